The SMILES string of the molecule is Cc1c(Cl)nc(C(C)C)nc1NCC1CCC(C)C1. The summed E-state index contributed by atoms with van der Waals surface area (Å²) in [5, 5.41) is 4.05. The smallest absolute Gasteiger partial charge is 0.137 e. The van der Waals surface area contributed by atoms with Crippen molar-refractivity contribution in [2.75, 3.05) is 11.9 Å². The van der Waals surface area contributed by atoms with Crippen LogP contribution in [0.1, 0.15) is 57.3 Å². The summed E-state index contributed by atoms with van der Waals surface area (Å²) in [4.78, 5) is 8.94. The van der Waals surface area contributed by atoms with Crippen molar-refractivity contribution in [3.8, 4) is 0 Å². The third-order valence-corrected chi connectivity index (χ3v) is 4.35. The van der Waals surface area contributed by atoms with Crippen LogP contribution in [-0.4, -0.2) is 16.5 Å². The normalized spacial score (nSPS) is 23.1. The number of aromatic nitrogens is 2. The highest BCUT2D eigenvalue weighted by Crippen LogP contribution is 2.31. The van der Waals surface area contributed by atoms with Gasteiger partial charge in [-0.3, -0.25) is 0 Å². The Kier molecular flexibility index (Phi) is 4.67. The number of nitrogens with zero attached hydrogens (tertiary/aromatic N) is 2. The molecule has 106 valence electrons. The van der Waals surface area contributed by atoms with Gasteiger partial charge in [0.05, 0.1) is 0 Å². The van der Waals surface area contributed by atoms with Crippen LogP contribution in [0.25, 0.3) is 0 Å². The average molecular weight is 282 g/mol. The molecule has 19 heavy (non-hydrogen) atoms. The van der Waals surface area contributed by atoms with Gasteiger partial charge in [0.2, 0.25) is 0 Å². The van der Waals surface area contributed by atoms with E-state index in [9.17, 15) is 0 Å². The van der Waals surface area contributed by atoms with E-state index < -0.39 is 0 Å². The Morgan fingerprint density at radius 1 is 1.32 bits per heavy atom. The summed E-state index contributed by atoms with van der Waals surface area (Å²) < 4.78 is 0. The van der Waals surface area contributed by atoms with Gasteiger partial charge in [0.25, 0.3) is 0 Å². The van der Waals surface area contributed by atoms with Crippen LogP contribution in [0.5, 0.6) is 0 Å². The molecule has 1 aliphatic rings. The van der Waals surface area contributed by atoms with E-state index in [0.717, 1.165) is 35.6 Å². The van der Waals surface area contributed by atoms with E-state index in [1.165, 1.54) is 19.3 Å². The molecular weight excluding hydrogens is 258 g/mol. The van der Waals surface area contributed by atoms with Gasteiger partial charge in [-0.1, -0.05) is 38.8 Å². The maximum atomic E-state index is 6.19. The Labute approximate surface area is 121 Å². The Morgan fingerprint density at radius 2 is 2.05 bits per heavy atom. The van der Waals surface area contributed by atoms with Crippen LogP contribution in [0.2, 0.25) is 5.15 Å². The molecule has 1 N–H and O–H groups in total. The summed E-state index contributed by atoms with van der Waals surface area (Å²) in [5.74, 6) is 3.66. The molecule has 1 aromatic rings. The fourth-order valence-corrected chi connectivity index (χ4v) is 2.86. The first-order chi connectivity index (χ1) is 8.97. The van der Waals surface area contributed by atoms with Gasteiger partial charge in [0, 0.05) is 18.0 Å². The van der Waals surface area contributed by atoms with Crippen LogP contribution in [0.15, 0.2) is 0 Å². The van der Waals surface area contributed by atoms with E-state index in [2.05, 4.69) is 36.1 Å². The molecule has 0 aromatic carbocycles. The topological polar surface area (TPSA) is 37.8 Å². The average Bonchev–Trinajstić information content (AvgIpc) is 2.76. The summed E-state index contributed by atoms with van der Waals surface area (Å²) in [5.41, 5.74) is 0.956. The second-order valence-corrected chi connectivity index (χ2v) is 6.52. The third kappa shape index (κ3) is 3.59. The molecule has 2 rings (SSSR count). The Morgan fingerprint density at radius 3 is 2.63 bits per heavy atom. The van der Waals surface area contributed by atoms with Crippen molar-refractivity contribution in [3.63, 3.8) is 0 Å². The maximum Gasteiger partial charge on any atom is 0.137 e. The molecule has 3 nitrogen and oxygen atoms in total. The minimum atomic E-state index is 0.296. The summed E-state index contributed by atoms with van der Waals surface area (Å²) in [6.45, 7) is 9.48. The summed E-state index contributed by atoms with van der Waals surface area (Å²) in [6, 6.07) is 0. The first kappa shape index (κ1) is 14.6. The standard InChI is InChI=1S/C15H24ClN3/c1-9(2)14-18-13(16)11(4)15(19-14)17-8-12-6-5-10(3)7-12/h9-10,12H,5-8H2,1-4H3,(H,17,18,19). The molecule has 0 amide bonds. The second kappa shape index (κ2) is 6.08. The number of hydrogen-bond acceptors (Lipinski definition) is 3. The van der Waals surface area contributed by atoms with Crippen LogP contribution >= 0.6 is 11.6 Å². The highest BCUT2D eigenvalue weighted by molar-refractivity contribution is 6.30. The van der Waals surface area contributed by atoms with Crippen LogP contribution in [0.4, 0.5) is 5.82 Å². The van der Waals surface area contributed by atoms with Gasteiger partial charge in [0.1, 0.15) is 16.8 Å². The zero-order chi connectivity index (χ0) is 14.0. The number of halogens is 1. The molecule has 0 radical (unpaired) electrons. The van der Waals surface area contributed by atoms with Crippen LogP contribution in [0, 0.1) is 18.8 Å². The fourth-order valence-electron chi connectivity index (χ4n) is 2.69. The Bertz CT molecular complexity index is 445. The van der Waals surface area contributed by atoms with E-state index in [1.54, 1.807) is 0 Å². The molecule has 0 spiro atoms. The molecular formula is C15H24ClN3. The van der Waals surface area contributed by atoms with E-state index in [1.807, 2.05) is 6.92 Å². The van der Waals surface area contributed by atoms with Gasteiger partial charge in [-0.15, -0.1) is 0 Å². The largest absolute Gasteiger partial charge is 0.369 e. The number of hydrogen-bond donors (Lipinski definition) is 1. The molecule has 1 fully saturated rings. The van der Waals surface area contributed by atoms with Crippen LogP contribution in [-0.2, 0) is 0 Å². The second-order valence-electron chi connectivity index (χ2n) is 6.17. The fraction of sp³-hybridized carbons (Fsp3) is 0.733. The molecule has 0 bridgehead atoms. The molecule has 1 heterocycles. The molecule has 2 unspecified atom stereocenters. The van der Waals surface area contributed by atoms with Crippen molar-refractivity contribution in [1.82, 2.24) is 9.97 Å². The molecule has 1 aliphatic carbocycles. The van der Waals surface area contributed by atoms with Gasteiger partial charge in [0.15, 0.2) is 0 Å². The predicted molar refractivity (Wildman–Crippen MR) is 80.9 cm³/mol. The van der Waals surface area contributed by atoms with Gasteiger partial charge in [-0.05, 0) is 31.6 Å². The van der Waals surface area contributed by atoms with E-state index in [-0.39, 0.29) is 0 Å². The van der Waals surface area contributed by atoms with E-state index >= 15 is 0 Å². The number of rotatable bonds is 4. The summed E-state index contributed by atoms with van der Waals surface area (Å²) in [7, 11) is 0. The summed E-state index contributed by atoms with van der Waals surface area (Å²) in [6.07, 6.45) is 4.00. The minimum Gasteiger partial charge on any atom is -0.369 e. The number of nitrogens with one attached hydrogen (secondary N) is 1. The van der Waals surface area contributed by atoms with Crippen LogP contribution < -0.4 is 5.32 Å². The lowest BCUT2D eigenvalue weighted by Gasteiger charge is -2.15. The predicted octanol–water partition coefficient (Wildman–Crippen LogP) is 4.41. The lowest BCUT2D eigenvalue weighted by atomic mass is 10.1. The van der Waals surface area contributed by atoms with Gasteiger partial charge < -0.3 is 5.32 Å². The molecule has 2 atom stereocenters. The van der Waals surface area contributed by atoms with Crippen molar-refractivity contribution in [1.29, 1.82) is 0 Å². The lowest BCUT2D eigenvalue weighted by Crippen LogP contribution is -2.15. The van der Waals surface area contributed by atoms with Gasteiger partial charge in [-0.25, -0.2) is 9.97 Å². The first-order valence-electron chi connectivity index (χ1n) is 7.25. The maximum absolute atomic E-state index is 6.19. The quantitative estimate of drug-likeness (QED) is 0.831. The number of anilines is 1. The minimum absolute atomic E-state index is 0.296. The van der Waals surface area contributed by atoms with Crippen molar-refractivity contribution in [3.05, 3.63) is 16.5 Å². The molecule has 1 aromatic heterocycles. The zero-order valence-electron chi connectivity index (χ0n) is 12.3. The lowest BCUT2D eigenvalue weighted by molar-refractivity contribution is 0.536. The van der Waals surface area contributed by atoms with Gasteiger partial charge >= 0.3 is 0 Å². The molecule has 0 aliphatic heterocycles. The van der Waals surface area contributed by atoms with E-state index in [4.69, 9.17) is 11.6 Å². The van der Waals surface area contributed by atoms with Crippen LogP contribution in [0.3, 0.4) is 0 Å². The molecule has 4 heteroatoms. The van der Waals surface area contributed by atoms with Crippen molar-refractivity contribution >= 4 is 17.4 Å². The van der Waals surface area contributed by atoms with Crippen molar-refractivity contribution < 1.29 is 0 Å². The highest BCUT2D eigenvalue weighted by atomic mass is 35.5. The first-order valence-corrected chi connectivity index (χ1v) is 7.63. The zero-order valence-corrected chi connectivity index (χ0v) is 13.1. The molecule has 1 saturated carbocycles. The summed E-state index contributed by atoms with van der Waals surface area (Å²) >= 11 is 6.19. The monoisotopic (exact) mass is 281 g/mol. The van der Waals surface area contributed by atoms with Crippen molar-refractivity contribution in [2.45, 2.75) is 52.9 Å². The van der Waals surface area contributed by atoms with E-state index in [0.29, 0.717) is 11.1 Å². The third-order valence-electron chi connectivity index (χ3n) is 3.98. The molecule has 0 saturated heterocycles. The Hall–Kier alpha value is -0.830. The van der Waals surface area contributed by atoms with Crippen molar-refractivity contribution in [2.24, 2.45) is 11.8 Å². The Balaban J connectivity index is 2.06. The van der Waals surface area contributed by atoms with Gasteiger partial charge in [-0.2, -0.15) is 0 Å². The highest BCUT2D eigenvalue weighted by Gasteiger charge is 2.21.